The van der Waals surface area contributed by atoms with E-state index in [0.29, 0.717) is 23.2 Å². The van der Waals surface area contributed by atoms with E-state index in [1.807, 2.05) is 45.0 Å². The van der Waals surface area contributed by atoms with Crippen LogP contribution >= 0.6 is 11.6 Å². The van der Waals surface area contributed by atoms with Crippen LogP contribution in [-0.4, -0.2) is 34.4 Å². The molecule has 3 aliphatic rings. The number of hydrogen-bond acceptors (Lipinski definition) is 5. The summed E-state index contributed by atoms with van der Waals surface area (Å²) in [6.07, 6.45) is -0.904. The van der Waals surface area contributed by atoms with Crippen molar-refractivity contribution in [1.82, 2.24) is 0 Å². The van der Waals surface area contributed by atoms with Crippen molar-refractivity contribution in [1.29, 1.82) is 0 Å². The van der Waals surface area contributed by atoms with E-state index in [2.05, 4.69) is 5.32 Å². The van der Waals surface area contributed by atoms with Crippen molar-refractivity contribution in [2.24, 2.45) is 0 Å². The molecule has 0 amide bonds. The largest absolute Gasteiger partial charge is 0.388 e. The Morgan fingerprint density at radius 2 is 1.88 bits per heavy atom. The highest BCUT2D eigenvalue weighted by atomic mass is 35.5. The lowest BCUT2D eigenvalue weighted by Gasteiger charge is -2.51. The number of anilines is 1. The summed E-state index contributed by atoms with van der Waals surface area (Å²) in [6, 6.07) is 11.2. The molecule has 0 aromatic heterocycles. The number of carbonyl (C=O) groups is 2. The van der Waals surface area contributed by atoms with Crippen molar-refractivity contribution in [3.8, 4) is 0 Å². The number of benzene rings is 3. The third-order valence-electron chi connectivity index (χ3n) is 7.25. The van der Waals surface area contributed by atoms with Gasteiger partial charge in [0.1, 0.15) is 6.10 Å². The molecule has 1 aliphatic carbocycles. The first-order chi connectivity index (χ1) is 15.2. The molecule has 1 fully saturated rings. The second-order valence-corrected chi connectivity index (χ2v) is 9.87. The van der Waals surface area contributed by atoms with E-state index in [1.165, 1.54) is 0 Å². The van der Waals surface area contributed by atoms with Crippen molar-refractivity contribution in [2.75, 3.05) is 5.32 Å². The van der Waals surface area contributed by atoms with Gasteiger partial charge in [-0.1, -0.05) is 41.4 Å². The van der Waals surface area contributed by atoms with Gasteiger partial charge in [-0.25, -0.2) is 0 Å². The predicted molar refractivity (Wildman–Crippen MR) is 123 cm³/mol. The first kappa shape index (κ1) is 19.9. The molecule has 2 bridgehead atoms. The molecular formula is C26H22ClNO4. The maximum atomic E-state index is 13.8. The Morgan fingerprint density at radius 1 is 1.09 bits per heavy atom. The lowest BCUT2D eigenvalue weighted by molar-refractivity contribution is -0.142. The van der Waals surface area contributed by atoms with E-state index in [0.717, 1.165) is 21.9 Å². The predicted octanol–water partition coefficient (Wildman–Crippen LogP) is 4.97. The van der Waals surface area contributed by atoms with E-state index in [9.17, 15) is 14.7 Å². The first-order valence-electron chi connectivity index (χ1n) is 10.8. The van der Waals surface area contributed by atoms with E-state index in [4.69, 9.17) is 16.3 Å². The average Bonchev–Trinajstić information content (AvgIpc) is 2.75. The van der Waals surface area contributed by atoms with Gasteiger partial charge in [0.15, 0.2) is 11.6 Å². The molecule has 4 atom stereocenters. The molecule has 1 saturated heterocycles. The fraction of sp³-hybridized carbons (Fsp3) is 0.308. The van der Waals surface area contributed by atoms with Crippen molar-refractivity contribution >= 4 is 39.6 Å². The van der Waals surface area contributed by atoms with Gasteiger partial charge in [-0.15, -0.1) is 0 Å². The number of hydrogen-bond donors (Lipinski definition) is 2. The molecule has 6 heteroatoms. The SMILES string of the molecule is Cc1ccc2c3c(ccc2c1)C(=O)c1c2c(cc(Cl)c1C3=O)[C@@H]1C[C@](C)(N2)[C@H](O)[C@@H](C)O1. The molecule has 3 aromatic rings. The molecule has 0 saturated carbocycles. The topological polar surface area (TPSA) is 75.6 Å². The van der Waals surface area contributed by atoms with Crippen LogP contribution in [0.15, 0.2) is 36.4 Å². The van der Waals surface area contributed by atoms with Crippen LogP contribution in [-0.2, 0) is 4.74 Å². The normalized spacial score (nSPS) is 28.1. The monoisotopic (exact) mass is 447 g/mol. The first-order valence-corrected chi connectivity index (χ1v) is 11.2. The number of aryl methyl sites for hydroxylation is 1. The molecule has 162 valence electrons. The summed E-state index contributed by atoms with van der Waals surface area (Å²) in [6.45, 7) is 5.75. The number of aliphatic hydroxyl groups excluding tert-OH is 1. The molecule has 0 unspecified atom stereocenters. The molecular weight excluding hydrogens is 426 g/mol. The van der Waals surface area contributed by atoms with Gasteiger partial charge < -0.3 is 15.2 Å². The van der Waals surface area contributed by atoms with Gasteiger partial charge in [0, 0.05) is 23.1 Å². The molecule has 2 aliphatic heterocycles. The van der Waals surface area contributed by atoms with Crippen molar-refractivity contribution in [3.63, 3.8) is 0 Å². The highest BCUT2D eigenvalue weighted by Gasteiger charge is 2.50. The molecule has 5 nitrogen and oxygen atoms in total. The highest BCUT2D eigenvalue weighted by molar-refractivity contribution is 6.41. The van der Waals surface area contributed by atoms with Crippen LogP contribution in [0.2, 0.25) is 5.02 Å². The van der Waals surface area contributed by atoms with E-state index in [1.54, 1.807) is 12.1 Å². The summed E-state index contributed by atoms with van der Waals surface area (Å²) in [5.74, 6) is -0.496. The molecule has 0 radical (unpaired) electrons. The Hall–Kier alpha value is -2.73. The molecule has 2 N–H and O–H groups in total. The number of rotatable bonds is 0. The van der Waals surface area contributed by atoms with E-state index >= 15 is 0 Å². The molecule has 3 aromatic carbocycles. The molecule has 6 rings (SSSR count). The van der Waals surface area contributed by atoms with Gasteiger partial charge in [0.2, 0.25) is 0 Å². The minimum absolute atomic E-state index is 0.217. The van der Waals surface area contributed by atoms with Crippen molar-refractivity contribution < 1.29 is 19.4 Å². The van der Waals surface area contributed by atoms with Gasteiger partial charge >= 0.3 is 0 Å². The Kier molecular flexibility index (Phi) is 3.99. The average molecular weight is 448 g/mol. The van der Waals surface area contributed by atoms with Crippen LogP contribution < -0.4 is 5.32 Å². The Labute approximate surface area is 190 Å². The highest BCUT2D eigenvalue weighted by Crippen LogP contribution is 2.51. The van der Waals surface area contributed by atoms with E-state index in [-0.39, 0.29) is 39.9 Å². The number of ether oxygens (including phenoxy) is 1. The fourth-order valence-electron chi connectivity index (χ4n) is 5.65. The maximum absolute atomic E-state index is 13.8. The number of nitrogens with one attached hydrogen (secondary N) is 1. The summed E-state index contributed by atoms with van der Waals surface area (Å²) in [5.41, 5.74) is 2.97. The fourth-order valence-corrected chi connectivity index (χ4v) is 5.95. The van der Waals surface area contributed by atoms with Gasteiger partial charge in [-0.05, 0) is 43.7 Å². The van der Waals surface area contributed by atoms with Crippen LogP contribution in [0.5, 0.6) is 0 Å². The second kappa shape index (κ2) is 6.41. The van der Waals surface area contributed by atoms with Crippen LogP contribution in [0, 0.1) is 6.92 Å². The summed E-state index contributed by atoms with van der Waals surface area (Å²) >= 11 is 6.65. The summed E-state index contributed by atoms with van der Waals surface area (Å²) in [4.78, 5) is 27.6. The lowest BCUT2D eigenvalue weighted by atomic mass is 9.73. The van der Waals surface area contributed by atoms with Crippen molar-refractivity contribution in [3.05, 3.63) is 74.8 Å². The Bertz CT molecular complexity index is 1380. The van der Waals surface area contributed by atoms with Crippen molar-refractivity contribution in [2.45, 2.75) is 51.0 Å². The quantitative estimate of drug-likeness (QED) is 0.398. The summed E-state index contributed by atoms with van der Waals surface area (Å²) in [5, 5.41) is 16.1. The standard InChI is InChI=1S/C26H22ClNO4/c1-11-4-6-14-13(8-11)5-7-15-19(14)24(30)20-17(27)9-16-18-10-26(3,25(31)12(2)32-18)28-22(16)21(20)23(15)29/h4-9,12,18,25,28,31H,10H2,1-3H3/t12-,18+,25-,26+/m1/s1. The molecule has 32 heavy (non-hydrogen) atoms. The van der Waals surface area contributed by atoms with E-state index < -0.39 is 11.6 Å². The van der Waals surface area contributed by atoms with Gasteiger partial charge in [0.05, 0.1) is 39.6 Å². The number of carbonyl (C=O) groups excluding carboxylic acids is 2. The lowest BCUT2D eigenvalue weighted by Crippen LogP contribution is -2.59. The van der Waals surface area contributed by atoms with Gasteiger partial charge in [-0.2, -0.15) is 0 Å². The minimum Gasteiger partial charge on any atom is -0.388 e. The smallest absolute Gasteiger partial charge is 0.196 e. The van der Waals surface area contributed by atoms with Crippen LogP contribution in [0.25, 0.3) is 10.8 Å². The third kappa shape index (κ3) is 2.47. The Balaban J connectivity index is 1.62. The van der Waals surface area contributed by atoms with Gasteiger partial charge in [0.25, 0.3) is 0 Å². The molecule has 0 spiro atoms. The van der Waals surface area contributed by atoms with Gasteiger partial charge in [-0.3, -0.25) is 9.59 Å². The zero-order valence-corrected chi connectivity index (χ0v) is 18.7. The van der Waals surface area contributed by atoms with Crippen LogP contribution in [0.4, 0.5) is 5.69 Å². The maximum Gasteiger partial charge on any atom is 0.196 e. The molecule has 2 heterocycles. The third-order valence-corrected chi connectivity index (χ3v) is 7.55. The van der Waals surface area contributed by atoms with Crippen LogP contribution in [0.3, 0.4) is 0 Å². The zero-order chi connectivity index (χ0) is 22.5. The number of ketones is 2. The number of aliphatic hydroxyl groups is 1. The minimum atomic E-state index is -0.757. The number of halogens is 1. The summed E-state index contributed by atoms with van der Waals surface area (Å²) in [7, 11) is 0. The number of fused-ring (bicyclic) bond motifs is 9. The van der Waals surface area contributed by atoms with Crippen LogP contribution in [0.1, 0.15) is 69.3 Å². The Morgan fingerprint density at radius 3 is 2.66 bits per heavy atom. The summed E-state index contributed by atoms with van der Waals surface area (Å²) < 4.78 is 6.06. The second-order valence-electron chi connectivity index (χ2n) is 9.46. The zero-order valence-electron chi connectivity index (χ0n) is 18.0.